The topological polar surface area (TPSA) is 39.1 Å². The maximum Gasteiger partial charge on any atom is 0.123 e. The maximum absolute atomic E-state index is 5.49. The Morgan fingerprint density at radius 2 is 2.15 bits per heavy atom. The number of ether oxygens (including phenoxy) is 1. The molecule has 1 aromatic heterocycles. The Bertz CT molecular complexity index is 617. The second-order valence-electron chi connectivity index (χ2n) is 6.29. The van der Waals surface area contributed by atoms with E-state index in [1.54, 1.807) is 7.11 Å². The minimum absolute atomic E-state index is 0.194. The third kappa shape index (κ3) is 2.03. The first-order valence-corrected chi connectivity index (χ1v) is 7.20. The highest BCUT2D eigenvalue weighted by molar-refractivity contribution is 5.75. The fourth-order valence-electron chi connectivity index (χ4n) is 3.20. The zero-order valence-electron chi connectivity index (χ0n) is 12.7. The Balaban J connectivity index is 1.71. The summed E-state index contributed by atoms with van der Waals surface area (Å²) in [7, 11) is 3.88. The van der Waals surface area contributed by atoms with Crippen LogP contribution < -0.4 is 5.32 Å². The van der Waals surface area contributed by atoms with Crippen LogP contribution in [-0.4, -0.2) is 28.8 Å². The van der Waals surface area contributed by atoms with E-state index in [2.05, 4.69) is 49.0 Å². The first kappa shape index (κ1) is 13.6. The van der Waals surface area contributed by atoms with Crippen molar-refractivity contribution in [2.24, 2.45) is 12.5 Å². The molecule has 3 rings (SSSR count). The lowest BCUT2D eigenvalue weighted by atomic mass is 9.64. The summed E-state index contributed by atoms with van der Waals surface area (Å²) in [5, 5.41) is 3.63. The van der Waals surface area contributed by atoms with E-state index < -0.39 is 0 Å². The third-order valence-electron chi connectivity index (χ3n) is 4.85. The van der Waals surface area contributed by atoms with Crippen molar-refractivity contribution in [1.82, 2.24) is 14.9 Å². The molecule has 1 aromatic carbocycles. The fraction of sp³-hybridized carbons (Fsp3) is 0.562. The number of benzene rings is 1. The van der Waals surface area contributed by atoms with Crippen molar-refractivity contribution >= 4 is 11.0 Å². The van der Waals surface area contributed by atoms with E-state index in [0.717, 1.165) is 24.3 Å². The maximum atomic E-state index is 5.49. The number of nitrogens with zero attached hydrogens (tertiary/aromatic N) is 2. The number of para-hydroxylation sites is 2. The number of methoxy groups -OCH3 is 1. The van der Waals surface area contributed by atoms with Gasteiger partial charge < -0.3 is 14.6 Å². The van der Waals surface area contributed by atoms with Gasteiger partial charge in [0.05, 0.1) is 23.7 Å². The molecular weight excluding hydrogens is 250 g/mol. The van der Waals surface area contributed by atoms with Gasteiger partial charge in [-0.1, -0.05) is 26.0 Å². The first-order chi connectivity index (χ1) is 9.54. The smallest absolute Gasteiger partial charge is 0.123 e. The molecule has 0 saturated heterocycles. The van der Waals surface area contributed by atoms with Gasteiger partial charge in [0.15, 0.2) is 0 Å². The Kier molecular flexibility index (Phi) is 3.30. The predicted molar refractivity (Wildman–Crippen MR) is 80.5 cm³/mol. The molecular formula is C16H23N3O. The molecule has 20 heavy (non-hydrogen) atoms. The molecule has 1 aliphatic rings. The van der Waals surface area contributed by atoms with Crippen LogP contribution in [0.4, 0.5) is 0 Å². The number of hydrogen-bond acceptors (Lipinski definition) is 3. The molecule has 1 saturated carbocycles. The molecule has 1 fully saturated rings. The van der Waals surface area contributed by atoms with Gasteiger partial charge in [0, 0.05) is 25.6 Å². The van der Waals surface area contributed by atoms with Gasteiger partial charge in [0.25, 0.3) is 0 Å². The van der Waals surface area contributed by atoms with Crippen molar-refractivity contribution in [3.05, 3.63) is 30.1 Å². The highest BCUT2D eigenvalue weighted by Gasteiger charge is 2.48. The van der Waals surface area contributed by atoms with Crippen LogP contribution >= 0.6 is 0 Å². The molecule has 0 aliphatic heterocycles. The minimum atomic E-state index is 0.194. The van der Waals surface area contributed by atoms with Crippen LogP contribution in [0, 0.1) is 5.41 Å². The van der Waals surface area contributed by atoms with Gasteiger partial charge in [-0.25, -0.2) is 4.98 Å². The number of hydrogen-bond donors (Lipinski definition) is 1. The second kappa shape index (κ2) is 4.86. The summed E-state index contributed by atoms with van der Waals surface area (Å²) >= 11 is 0. The van der Waals surface area contributed by atoms with Crippen molar-refractivity contribution in [2.75, 3.05) is 7.11 Å². The van der Waals surface area contributed by atoms with Gasteiger partial charge in [0.2, 0.25) is 0 Å². The van der Waals surface area contributed by atoms with E-state index in [1.165, 1.54) is 5.52 Å². The van der Waals surface area contributed by atoms with Crippen molar-refractivity contribution in [3.8, 4) is 0 Å². The van der Waals surface area contributed by atoms with Gasteiger partial charge in [-0.3, -0.25) is 0 Å². The summed E-state index contributed by atoms with van der Waals surface area (Å²) in [6.45, 7) is 5.32. The second-order valence-corrected chi connectivity index (χ2v) is 6.29. The molecule has 108 valence electrons. The fourth-order valence-corrected chi connectivity index (χ4v) is 3.20. The summed E-state index contributed by atoms with van der Waals surface area (Å²) < 4.78 is 7.66. The lowest BCUT2D eigenvalue weighted by Gasteiger charge is -2.51. The molecule has 0 radical (unpaired) electrons. The number of aromatic nitrogens is 2. The van der Waals surface area contributed by atoms with Gasteiger partial charge in [-0.2, -0.15) is 0 Å². The van der Waals surface area contributed by atoms with Crippen LogP contribution in [0.25, 0.3) is 11.0 Å². The number of rotatable bonds is 4. The molecule has 0 bridgehead atoms. The third-order valence-corrected chi connectivity index (χ3v) is 4.85. The summed E-state index contributed by atoms with van der Waals surface area (Å²) in [5.74, 6) is 1.09. The molecule has 0 spiro atoms. The zero-order valence-corrected chi connectivity index (χ0v) is 12.7. The average molecular weight is 273 g/mol. The van der Waals surface area contributed by atoms with Crippen molar-refractivity contribution in [1.29, 1.82) is 0 Å². The molecule has 4 nitrogen and oxygen atoms in total. The molecule has 1 heterocycles. The van der Waals surface area contributed by atoms with Crippen LogP contribution in [-0.2, 0) is 18.3 Å². The van der Waals surface area contributed by atoms with Crippen LogP contribution in [0.3, 0.4) is 0 Å². The molecule has 1 aliphatic carbocycles. The Labute approximate surface area is 120 Å². The number of aryl methyl sites for hydroxylation is 1. The summed E-state index contributed by atoms with van der Waals surface area (Å²) in [6, 6.07) is 8.75. The van der Waals surface area contributed by atoms with Gasteiger partial charge in [-0.15, -0.1) is 0 Å². The van der Waals surface area contributed by atoms with Gasteiger partial charge in [0.1, 0.15) is 5.82 Å². The van der Waals surface area contributed by atoms with Crippen molar-refractivity contribution < 1.29 is 4.74 Å². The summed E-state index contributed by atoms with van der Waals surface area (Å²) in [5.41, 5.74) is 2.45. The SMILES string of the molecule is COC1CC(NCc2nc3ccccc3n2C)C1(C)C. The van der Waals surface area contributed by atoms with Gasteiger partial charge in [-0.05, 0) is 18.6 Å². The van der Waals surface area contributed by atoms with Crippen LogP contribution in [0.1, 0.15) is 26.1 Å². The largest absolute Gasteiger partial charge is 0.381 e. The van der Waals surface area contributed by atoms with Crippen LogP contribution in [0.2, 0.25) is 0 Å². The van der Waals surface area contributed by atoms with E-state index in [0.29, 0.717) is 12.1 Å². The molecule has 4 heteroatoms. The molecule has 0 amide bonds. The standard InChI is InChI=1S/C16H23N3O/c1-16(2)13(9-14(16)20-4)17-10-15-18-11-7-5-6-8-12(11)19(15)3/h5-8,13-14,17H,9-10H2,1-4H3. The first-order valence-electron chi connectivity index (χ1n) is 7.20. The lowest BCUT2D eigenvalue weighted by Crippen LogP contribution is -2.60. The lowest BCUT2D eigenvalue weighted by molar-refractivity contribution is -0.0980. The quantitative estimate of drug-likeness (QED) is 0.930. The van der Waals surface area contributed by atoms with Crippen molar-refractivity contribution in [2.45, 2.75) is 39.0 Å². The van der Waals surface area contributed by atoms with E-state index in [1.807, 2.05) is 6.07 Å². The Hall–Kier alpha value is -1.39. The number of imidazole rings is 1. The van der Waals surface area contributed by atoms with Crippen LogP contribution in [0.5, 0.6) is 0 Å². The average Bonchev–Trinajstić information content (AvgIpc) is 2.75. The zero-order chi connectivity index (χ0) is 14.3. The molecule has 2 atom stereocenters. The van der Waals surface area contributed by atoms with Gasteiger partial charge >= 0.3 is 0 Å². The monoisotopic (exact) mass is 273 g/mol. The Morgan fingerprint density at radius 3 is 2.80 bits per heavy atom. The highest BCUT2D eigenvalue weighted by Crippen LogP contribution is 2.42. The van der Waals surface area contributed by atoms with E-state index >= 15 is 0 Å². The van der Waals surface area contributed by atoms with E-state index in [9.17, 15) is 0 Å². The number of fused-ring (bicyclic) bond motifs is 1. The molecule has 2 aromatic rings. The normalized spacial score (nSPS) is 24.8. The van der Waals surface area contributed by atoms with Crippen molar-refractivity contribution in [3.63, 3.8) is 0 Å². The highest BCUT2D eigenvalue weighted by atomic mass is 16.5. The number of nitrogens with one attached hydrogen (secondary N) is 1. The van der Waals surface area contributed by atoms with E-state index in [4.69, 9.17) is 9.72 Å². The minimum Gasteiger partial charge on any atom is -0.381 e. The summed E-state index contributed by atoms with van der Waals surface area (Å²) in [4.78, 5) is 4.70. The molecule has 1 N–H and O–H groups in total. The summed E-state index contributed by atoms with van der Waals surface area (Å²) in [6.07, 6.45) is 1.44. The molecule has 2 unspecified atom stereocenters. The van der Waals surface area contributed by atoms with E-state index in [-0.39, 0.29) is 5.41 Å². The Morgan fingerprint density at radius 1 is 1.40 bits per heavy atom. The predicted octanol–water partition coefficient (Wildman–Crippen LogP) is 2.48. The van der Waals surface area contributed by atoms with Crippen LogP contribution in [0.15, 0.2) is 24.3 Å².